The van der Waals surface area contributed by atoms with Gasteiger partial charge in [0.25, 0.3) is 5.56 Å². The summed E-state index contributed by atoms with van der Waals surface area (Å²) in [7, 11) is 35.4. The molecular weight excluding hydrogens is 337 g/mol. The van der Waals surface area contributed by atoms with Gasteiger partial charge in [-0.2, -0.15) is 0 Å². The number of imide groups is 1. The zero-order chi connectivity index (χ0) is 20.4. The van der Waals surface area contributed by atoms with E-state index in [9.17, 15) is 14.4 Å². The van der Waals surface area contributed by atoms with Crippen molar-refractivity contribution < 1.29 is 9.59 Å². The SMILES string of the molecule is [B]c1c([B])c(N)c2c(=O)n(C3([B])C(=O)NC(=O)C([B])C3[B])c(C)nc2c1[B]. The highest BCUT2D eigenvalue weighted by molar-refractivity contribution is 6.61. The molecule has 3 N–H and O–H groups in total. The van der Waals surface area contributed by atoms with Crippen LogP contribution in [-0.2, 0) is 15.0 Å². The number of carbonyl (C=O) groups is 2. The first-order valence-electron chi connectivity index (χ1n) is 7.75. The molecular formula is C14H8B6N4O3. The Kier molecular flexibility index (Phi) is 4.40. The standard InChI is InChI=1S/C14H8B6N4O3/c1-2-22-9-3(8(21)5(16)4(15)6(9)17)12(26)24(2)14(20)10(19)7(18)11(25)23-13(14)27/h7,10H,21H2,1H3,(H,23,25,27). The third-order valence-electron chi connectivity index (χ3n) is 4.81. The van der Waals surface area contributed by atoms with Crippen molar-refractivity contribution in [1.82, 2.24) is 14.9 Å². The summed E-state index contributed by atoms with van der Waals surface area (Å²) in [4.78, 5) is 41.7. The van der Waals surface area contributed by atoms with Crippen LogP contribution in [0.3, 0.4) is 0 Å². The highest BCUT2D eigenvalue weighted by Gasteiger charge is 2.49. The fraction of sp³-hybridized carbons (Fsp3) is 0.286. The lowest BCUT2D eigenvalue weighted by Crippen LogP contribution is -2.63. The Bertz CT molecular complexity index is 1090. The number of nitrogens with one attached hydrogen (secondary N) is 1. The molecule has 0 aliphatic carbocycles. The van der Waals surface area contributed by atoms with Gasteiger partial charge in [0, 0.05) is 5.69 Å². The zero-order valence-electron chi connectivity index (χ0n) is 14.3. The number of rotatable bonds is 1. The number of aromatic nitrogens is 2. The summed E-state index contributed by atoms with van der Waals surface area (Å²) in [6, 6.07) is 0. The van der Waals surface area contributed by atoms with Crippen molar-refractivity contribution in [3.8, 4) is 0 Å². The van der Waals surface area contributed by atoms with Gasteiger partial charge in [0.1, 0.15) is 37.2 Å². The first kappa shape index (κ1) is 19.5. The normalized spacial score (nSPS) is 25.5. The Balaban J connectivity index is 2.45. The topological polar surface area (TPSA) is 107 Å². The lowest BCUT2D eigenvalue weighted by atomic mass is 9.49. The quantitative estimate of drug-likeness (QED) is 0.306. The lowest BCUT2D eigenvalue weighted by Gasteiger charge is -2.44. The minimum absolute atomic E-state index is 0.00622. The van der Waals surface area contributed by atoms with Crippen LogP contribution in [0.4, 0.5) is 5.69 Å². The van der Waals surface area contributed by atoms with E-state index >= 15 is 0 Å². The molecule has 7 nitrogen and oxygen atoms in total. The van der Waals surface area contributed by atoms with E-state index in [-0.39, 0.29) is 38.8 Å². The Labute approximate surface area is 162 Å². The van der Waals surface area contributed by atoms with Crippen molar-refractivity contribution in [2.75, 3.05) is 5.73 Å². The fourth-order valence-corrected chi connectivity index (χ4v) is 3.19. The Morgan fingerprint density at radius 1 is 1.11 bits per heavy atom. The molecule has 3 atom stereocenters. The molecule has 1 fully saturated rings. The molecule has 3 rings (SSSR count). The number of amides is 2. The maximum absolute atomic E-state index is 13.2. The molecule has 1 aliphatic rings. The van der Waals surface area contributed by atoms with Gasteiger partial charge in [-0.1, -0.05) is 16.7 Å². The van der Waals surface area contributed by atoms with Gasteiger partial charge in [-0.3, -0.25) is 24.3 Å². The molecule has 120 valence electrons. The van der Waals surface area contributed by atoms with Gasteiger partial charge >= 0.3 is 0 Å². The summed E-state index contributed by atoms with van der Waals surface area (Å²) in [5, 5.41) is 1.82. The average Bonchev–Trinajstić information content (AvgIpc) is 2.61. The van der Waals surface area contributed by atoms with Crippen molar-refractivity contribution in [2.45, 2.75) is 24.0 Å². The van der Waals surface area contributed by atoms with E-state index in [1.807, 2.05) is 5.32 Å². The summed E-state index contributed by atoms with van der Waals surface area (Å²) in [6.45, 7) is 1.40. The van der Waals surface area contributed by atoms with Gasteiger partial charge in [0.2, 0.25) is 11.8 Å². The first-order chi connectivity index (χ1) is 12.4. The Hall–Kier alpha value is -2.31. The van der Waals surface area contributed by atoms with E-state index in [0.717, 1.165) is 4.57 Å². The molecule has 1 aromatic carbocycles. The number of piperidine rings is 1. The molecule has 3 unspecified atom stereocenters. The highest BCUT2D eigenvalue weighted by Crippen LogP contribution is 2.38. The van der Waals surface area contributed by atoms with Gasteiger partial charge in [-0.05, 0) is 12.7 Å². The summed E-state index contributed by atoms with van der Waals surface area (Å²) in [5.74, 6) is -4.60. The van der Waals surface area contributed by atoms with E-state index in [2.05, 4.69) is 4.98 Å². The van der Waals surface area contributed by atoms with Crippen LogP contribution >= 0.6 is 0 Å². The fourth-order valence-electron chi connectivity index (χ4n) is 3.19. The second-order valence-electron chi connectivity index (χ2n) is 6.37. The third kappa shape index (κ3) is 2.43. The second kappa shape index (κ2) is 6.11. The molecule has 1 aromatic heterocycles. The lowest BCUT2D eigenvalue weighted by molar-refractivity contribution is -0.137. The number of carbonyl (C=O) groups excluding carboxylic acids is 2. The molecule has 12 radical (unpaired) electrons. The molecule has 0 bridgehead atoms. The predicted molar refractivity (Wildman–Crippen MR) is 107 cm³/mol. The maximum Gasteiger partial charge on any atom is 0.263 e. The Morgan fingerprint density at radius 3 is 2.30 bits per heavy atom. The number of nitrogens with zero attached hydrogens (tertiary/aromatic N) is 2. The number of hydrogen-bond acceptors (Lipinski definition) is 5. The van der Waals surface area contributed by atoms with Gasteiger partial charge in [0.05, 0.1) is 32.0 Å². The van der Waals surface area contributed by atoms with E-state index in [1.165, 1.54) is 6.92 Å². The molecule has 2 amide bonds. The van der Waals surface area contributed by atoms with E-state index in [0.29, 0.717) is 0 Å². The summed E-state index contributed by atoms with van der Waals surface area (Å²) < 4.78 is 0.826. The van der Waals surface area contributed by atoms with E-state index in [1.54, 1.807) is 0 Å². The molecule has 1 saturated heterocycles. The number of benzene rings is 1. The zero-order valence-corrected chi connectivity index (χ0v) is 14.3. The van der Waals surface area contributed by atoms with Gasteiger partial charge < -0.3 is 5.73 Å². The van der Waals surface area contributed by atoms with Crippen LogP contribution in [0, 0.1) is 6.92 Å². The molecule has 13 heteroatoms. The van der Waals surface area contributed by atoms with Crippen LogP contribution in [0.5, 0.6) is 0 Å². The molecule has 2 aromatic rings. The van der Waals surface area contributed by atoms with Crippen LogP contribution in [0.2, 0.25) is 11.6 Å². The molecule has 0 saturated carbocycles. The number of hydrogen-bond donors (Lipinski definition) is 2. The van der Waals surface area contributed by atoms with Gasteiger partial charge in [-0.25, -0.2) is 4.98 Å². The van der Waals surface area contributed by atoms with Crippen molar-refractivity contribution in [3.63, 3.8) is 0 Å². The largest absolute Gasteiger partial charge is 0.399 e. The van der Waals surface area contributed by atoms with E-state index in [4.69, 9.17) is 52.8 Å². The minimum Gasteiger partial charge on any atom is -0.399 e. The molecule has 1 aliphatic heterocycles. The monoisotopic (exact) mass is 346 g/mol. The number of anilines is 1. The van der Waals surface area contributed by atoms with Crippen LogP contribution in [0.25, 0.3) is 10.9 Å². The van der Waals surface area contributed by atoms with Crippen LogP contribution in [0.1, 0.15) is 5.82 Å². The Morgan fingerprint density at radius 2 is 1.70 bits per heavy atom. The smallest absolute Gasteiger partial charge is 0.263 e. The number of fused-ring (bicyclic) bond motifs is 1. The molecule has 0 spiro atoms. The van der Waals surface area contributed by atoms with Gasteiger partial charge in [0.15, 0.2) is 0 Å². The number of nitrogens with two attached hydrogens (primary N) is 1. The minimum atomic E-state index is -2.20. The van der Waals surface area contributed by atoms with Crippen LogP contribution < -0.4 is 33.0 Å². The van der Waals surface area contributed by atoms with E-state index < -0.39 is 34.4 Å². The highest BCUT2D eigenvalue weighted by atomic mass is 16.2. The second-order valence-corrected chi connectivity index (χ2v) is 6.37. The molecule has 2 heterocycles. The third-order valence-corrected chi connectivity index (χ3v) is 4.81. The van der Waals surface area contributed by atoms with Crippen molar-refractivity contribution in [3.05, 3.63) is 16.2 Å². The molecule has 27 heavy (non-hydrogen) atoms. The van der Waals surface area contributed by atoms with Gasteiger partial charge in [-0.15, -0.1) is 5.46 Å². The number of nitrogen functional groups attached to an aromatic ring is 1. The van der Waals surface area contributed by atoms with Crippen LogP contribution in [0.15, 0.2) is 4.79 Å². The predicted octanol–water partition coefficient (Wildman–Crippen LogP) is -4.94. The number of aryl methyl sites for hydroxylation is 1. The average molecular weight is 345 g/mol. The van der Waals surface area contributed by atoms with Crippen molar-refractivity contribution in [2.24, 2.45) is 0 Å². The first-order valence-corrected chi connectivity index (χ1v) is 7.75. The summed E-state index contributed by atoms with van der Waals surface area (Å²) >= 11 is 0. The van der Waals surface area contributed by atoms with Crippen LogP contribution in [-0.4, -0.2) is 68.4 Å². The summed E-state index contributed by atoms with van der Waals surface area (Å²) in [6.07, 6.45) is 0. The van der Waals surface area contributed by atoms with Crippen molar-refractivity contribution >= 4 is 91.9 Å². The summed E-state index contributed by atoms with van der Waals surface area (Å²) in [5.41, 5.74) is 2.57. The maximum atomic E-state index is 13.2. The van der Waals surface area contributed by atoms with Crippen molar-refractivity contribution in [1.29, 1.82) is 0 Å².